The Kier molecular flexibility index (Phi) is 12.8. The van der Waals surface area contributed by atoms with Crippen molar-refractivity contribution in [2.75, 3.05) is 18.4 Å². The minimum absolute atomic E-state index is 0. The Balaban J connectivity index is 0.000000268. The molecule has 4 rings (SSSR count). The van der Waals surface area contributed by atoms with Gasteiger partial charge in [0.1, 0.15) is 0 Å². The molecule has 1 radical (unpaired) electrons. The molecule has 0 aliphatic rings. The van der Waals surface area contributed by atoms with Gasteiger partial charge in [-0.3, -0.25) is 9.98 Å². The van der Waals surface area contributed by atoms with E-state index in [1.54, 1.807) is 48.8 Å². The molecule has 0 saturated heterocycles. The quantitative estimate of drug-likeness (QED) is 0.182. The summed E-state index contributed by atoms with van der Waals surface area (Å²) < 4.78 is 0. The van der Waals surface area contributed by atoms with Gasteiger partial charge in [-0.15, -0.1) is 11.5 Å². The number of aromatic carboxylic acids is 1. The number of aromatic nitrogens is 3. The SMILES string of the molecule is O=C([O-])c1ccc(Nc2nc(Cl)nc(Cl)n2)cc1.[Fe+3].[O-]c1ccccc1C=NCCN=Cc1ccccc1[O-]. The Bertz CT molecular complexity index is 1360. The number of carboxylic acid groups (broad SMARTS) is 1. The molecule has 0 saturated carbocycles. The van der Waals surface area contributed by atoms with E-state index in [-0.39, 0.29) is 50.6 Å². The largest absolute Gasteiger partial charge is 3.00 e. The van der Waals surface area contributed by atoms with Crippen LogP contribution in [0.2, 0.25) is 10.6 Å². The van der Waals surface area contributed by atoms with Crippen LogP contribution in [0, 0.1) is 0 Å². The van der Waals surface area contributed by atoms with Crippen molar-refractivity contribution in [2.45, 2.75) is 0 Å². The molecule has 10 nitrogen and oxygen atoms in total. The molecule has 13 heteroatoms. The Hall–Kier alpha value is -4.02. The number of carbonyl (C=O) groups excluding carboxylic acids is 1. The summed E-state index contributed by atoms with van der Waals surface area (Å²) in [6.07, 6.45) is 3.11. The zero-order valence-corrected chi connectivity index (χ0v) is 22.6. The van der Waals surface area contributed by atoms with Gasteiger partial charge < -0.3 is 25.4 Å². The van der Waals surface area contributed by atoms with E-state index in [1.165, 1.54) is 36.4 Å². The maximum Gasteiger partial charge on any atom is 3.00 e. The van der Waals surface area contributed by atoms with Gasteiger partial charge in [0.2, 0.25) is 16.5 Å². The summed E-state index contributed by atoms with van der Waals surface area (Å²) in [6.45, 7) is 0.956. The number of rotatable bonds is 8. The van der Waals surface area contributed by atoms with Crippen LogP contribution in [0.15, 0.2) is 82.8 Å². The Morgan fingerprint density at radius 3 is 1.67 bits per heavy atom. The number of hydrogen-bond acceptors (Lipinski definition) is 10. The van der Waals surface area contributed by atoms with Crippen LogP contribution in [0.1, 0.15) is 21.5 Å². The first-order valence-corrected chi connectivity index (χ1v) is 11.7. The van der Waals surface area contributed by atoms with Crippen LogP contribution < -0.4 is 20.6 Å². The van der Waals surface area contributed by atoms with Gasteiger partial charge in [-0.1, -0.05) is 60.7 Å². The third-order valence-corrected chi connectivity index (χ3v) is 4.95. The molecule has 0 aliphatic heterocycles. The summed E-state index contributed by atoms with van der Waals surface area (Å²) in [7, 11) is 0. The molecule has 0 fully saturated rings. The third-order valence-electron chi connectivity index (χ3n) is 4.61. The van der Waals surface area contributed by atoms with Gasteiger partial charge in [-0.2, -0.15) is 15.0 Å². The smallest absolute Gasteiger partial charge is 0.872 e. The van der Waals surface area contributed by atoms with Gasteiger partial charge in [0, 0.05) is 18.1 Å². The second kappa shape index (κ2) is 16.1. The molecule has 1 N–H and O–H groups in total. The van der Waals surface area contributed by atoms with E-state index in [2.05, 4.69) is 30.3 Å². The third kappa shape index (κ3) is 10.7. The van der Waals surface area contributed by atoms with Crippen LogP contribution in [0.3, 0.4) is 0 Å². The van der Waals surface area contributed by atoms with Crippen molar-refractivity contribution in [3.05, 3.63) is 100 Å². The summed E-state index contributed by atoms with van der Waals surface area (Å²) in [5.74, 6) is -1.16. The van der Waals surface area contributed by atoms with E-state index in [9.17, 15) is 20.1 Å². The van der Waals surface area contributed by atoms with Crippen molar-refractivity contribution in [1.82, 2.24) is 15.0 Å². The molecule has 0 atom stereocenters. The number of carbonyl (C=O) groups is 1. The molecule has 1 aromatic heterocycles. The Morgan fingerprint density at radius 2 is 1.23 bits per heavy atom. The van der Waals surface area contributed by atoms with Crippen LogP contribution in [0.4, 0.5) is 11.6 Å². The maximum atomic E-state index is 11.4. The minimum Gasteiger partial charge on any atom is -0.872 e. The van der Waals surface area contributed by atoms with Gasteiger partial charge in [0.25, 0.3) is 0 Å². The van der Waals surface area contributed by atoms with Crippen LogP contribution in [-0.4, -0.2) is 46.4 Å². The molecule has 0 aliphatic carbocycles. The summed E-state index contributed by atoms with van der Waals surface area (Å²) in [4.78, 5) is 30.0. The number of nitrogens with one attached hydrogen (secondary N) is 1. The van der Waals surface area contributed by atoms with E-state index in [0.29, 0.717) is 29.9 Å². The first-order valence-electron chi connectivity index (χ1n) is 11.0. The number of nitrogens with zero attached hydrogens (tertiary/aromatic N) is 5. The van der Waals surface area contributed by atoms with E-state index >= 15 is 0 Å². The average Bonchev–Trinajstić information content (AvgIpc) is 2.88. The van der Waals surface area contributed by atoms with E-state index in [4.69, 9.17) is 23.2 Å². The van der Waals surface area contributed by atoms with Crippen molar-refractivity contribution >= 4 is 53.2 Å². The fourth-order valence-electron chi connectivity index (χ4n) is 2.82. The Labute approximate surface area is 244 Å². The summed E-state index contributed by atoms with van der Waals surface area (Å²) in [6, 6.07) is 19.3. The molecule has 0 amide bonds. The molecule has 4 aromatic rings. The van der Waals surface area contributed by atoms with Gasteiger partial charge in [0.15, 0.2) is 0 Å². The van der Waals surface area contributed by atoms with Crippen LogP contribution in [-0.2, 0) is 17.1 Å². The second-order valence-electron chi connectivity index (χ2n) is 7.33. The molecule has 1 heterocycles. The average molecular weight is 606 g/mol. The first-order chi connectivity index (χ1) is 18.3. The molecule has 199 valence electrons. The van der Waals surface area contributed by atoms with Crippen LogP contribution >= 0.6 is 23.2 Å². The number of carboxylic acids is 1. The Morgan fingerprint density at radius 1 is 0.769 bits per heavy atom. The summed E-state index contributed by atoms with van der Waals surface area (Å²) >= 11 is 11.2. The van der Waals surface area contributed by atoms with Gasteiger partial charge in [-0.05, 0) is 52.0 Å². The molecule has 0 unspecified atom stereocenters. The maximum absolute atomic E-state index is 11.4. The first kappa shape index (κ1) is 31.2. The zero-order chi connectivity index (χ0) is 27.3. The van der Waals surface area contributed by atoms with Crippen molar-refractivity contribution in [1.29, 1.82) is 0 Å². The molecule has 3 aromatic carbocycles. The van der Waals surface area contributed by atoms with Crippen molar-refractivity contribution in [3.8, 4) is 11.5 Å². The fraction of sp³-hybridized carbons (Fsp3) is 0.0769. The van der Waals surface area contributed by atoms with E-state index < -0.39 is 5.97 Å². The van der Waals surface area contributed by atoms with E-state index in [0.717, 1.165) is 0 Å². The predicted octanol–water partition coefficient (Wildman–Crippen LogP) is 2.65. The normalized spacial score (nSPS) is 10.5. The number of aliphatic imine (C=N–C) groups is 2. The topological polar surface area (TPSA) is 162 Å². The molecule has 0 bridgehead atoms. The van der Waals surface area contributed by atoms with Crippen molar-refractivity contribution in [3.63, 3.8) is 0 Å². The summed E-state index contributed by atoms with van der Waals surface area (Å²) in [5, 5.41) is 36.1. The zero-order valence-electron chi connectivity index (χ0n) is 20.0. The second-order valence-corrected chi connectivity index (χ2v) is 8.01. The minimum atomic E-state index is -1.24. The number of halogens is 2. The van der Waals surface area contributed by atoms with Gasteiger partial charge in [0.05, 0.1) is 19.1 Å². The molecular formula is C26H19Cl2FeN6O4. The molecule has 39 heavy (non-hydrogen) atoms. The van der Waals surface area contributed by atoms with Crippen LogP contribution in [0.25, 0.3) is 0 Å². The monoisotopic (exact) mass is 605 g/mol. The van der Waals surface area contributed by atoms with Crippen LogP contribution in [0.5, 0.6) is 11.5 Å². The van der Waals surface area contributed by atoms with Gasteiger partial charge >= 0.3 is 17.1 Å². The predicted molar refractivity (Wildman–Crippen MR) is 141 cm³/mol. The number of anilines is 2. The van der Waals surface area contributed by atoms with Crippen molar-refractivity contribution in [2.24, 2.45) is 9.98 Å². The summed E-state index contributed by atoms with van der Waals surface area (Å²) in [5.41, 5.74) is 1.80. The molecular weight excluding hydrogens is 587 g/mol. The number of hydrogen-bond donors (Lipinski definition) is 1. The van der Waals surface area contributed by atoms with E-state index in [1.807, 2.05) is 0 Å². The number of benzene rings is 3. The molecule has 0 spiro atoms. The fourth-order valence-corrected chi connectivity index (χ4v) is 3.18. The van der Waals surface area contributed by atoms with Gasteiger partial charge in [-0.25, -0.2) is 0 Å². The number of para-hydroxylation sites is 2. The standard InChI is InChI=1S/C16H16N2O2.C10H6Cl2N4O2.Fe/c19-15-7-3-1-5-13(15)11-17-9-10-18-12-14-6-2-4-8-16(14)20;11-8-14-9(12)16-10(15-8)13-6-3-1-5(2-4-6)7(17)18;/h1-8,11-12,19-20H,9-10H2;1-4H,(H,17,18)(H,13,14,15,16);/q;;+3/p-3. The van der Waals surface area contributed by atoms with Crippen molar-refractivity contribution < 1.29 is 37.2 Å².